The van der Waals surface area contributed by atoms with Crippen molar-refractivity contribution < 1.29 is 20.1 Å². The Hall–Kier alpha value is -2.01. The summed E-state index contributed by atoms with van der Waals surface area (Å²) in [6.07, 6.45) is -2.30. The fourth-order valence-electron chi connectivity index (χ4n) is 2.44. The highest BCUT2D eigenvalue weighted by Gasteiger charge is 2.42. The van der Waals surface area contributed by atoms with E-state index in [9.17, 15) is 10.2 Å². The van der Waals surface area contributed by atoms with E-state index >= 15 is 0 Å². The average molecular weight is 296 g/mol. The third kappa shape index (κ3) is 2.27. The molecule has 1 aliphatic heterocycles. The summed E-state index contributed by atoms with van der Waals surface area (Å²) < 4.78 is 7.01. The zero-order valence-corrected chi connectivity index (χ0v) is 11.0. The standard InChI is InChI=1S/C11H16N6O4/c12-9-6-10(16-11(13)15-9)17(3-14-6)1-4-7(19)8(20)5(2-18)21-4/h3-5,7-8,18-20H,1-2H2,(H4,12,13,15,16)/t4-,5+,7-,8+/m0/s1. The Morgan fingerprint density at radius 1 is 1.19 bits per heavy atom. The molecule has 0 saturated carbocycles. The molecule has 0 aromatic carbocycles. The molecule has 0 radical (unpaired) electrons. The molecular weight excluding hydrogens is 280 g/mol. The molecule has 1 aliphatic rings. The summed E-state index contributed by atoms with van der Waals surface area (Å²) >= 11 is 0. The van der Waals surface area contributed by atoms with Crippen molar-refractivity contribution in [1.29, 1.82) is 0 Å². The van der Waals surface area contributed by atoms with Gasteiger partial charge in [-0.1, -0.05) is 0 Å². The van der Waals surface area contributed by atoms with E-state index in [-0.39, 0.29) is 24.9 Å². The summed E-state index contributed by atoms with van der Waals surface area (Å²) in [7, 11) is 0. The van der Waals surface area contributed by atoms with Crippen molar-refractivity contribution in [2.75, 3.05) is 18.1 Å². The number of hydrogen-bond acceptors (Lipinski definition) is 9. The summed E-state index contributed by atoms with van der Waals surface area (Å²) in [6, 6.07) is 0. The van der Waals surface area contributed by atoms with Crippen LogP contribution in [0.25, 0.3) is 11.2 Å². The van der Waals surface area contributed by atoms with E-state index in [1.807, 2.05) is 0 Å². The number of anilines is 2. The van der Waals surface area contributed by atoms with Crippen LogP contribution in [0.1, 0.15) is 0 Å². The molecule has 3 rings (SSSR count). The summed E-state index contributed by atoms with van der Waals surface area (Å²) in [6.45, 7) is -0.192. The van der Waals surface area contributed by atoms with Crippen LogP contribution in [-0.4, -0.2) is 65.9 Å². The highest BCUT2D eigenvalue weighted by atomic mass is 16.6. The predicted molar refractivity (Wildman–Crippen MR) is 71.9 cm³/mol. The molecule has 0 aliphatic carbocycles. The number of nitrogen functional groups attached to an aromatic ring is 2. The Kier molecular flexibility index (Phi) is 3.37. The highest BCUT2D eigenvalue weighted by Crippen LogP contribution is 2.24. The van der Waals surface area contributed by atoms with Crippen molar-refractivity contribution in [3.05, 3.63) is 6.33 Å². The molecule has 7 N–H and O–H groups in total. The molecule has 114 valence electrons. The van der Waals surface area contributed by atoms with Crippen LogP contribution in [0.5, 0.6) is 0 Å². The zero-order chi connectivity index (χ0) is 15.1. The molecule has 2 aromatic heterocycles. The monoisotopic (exact) mass is 296 g/mol. The van der Waals surface area contributed by atoms with Gasteiger partial charge in [0.05, 0.1) is 19.5 Å². The van der Waals surface area contributed by atoms with Crippen LogP contribution in [0.4, 0.5) is 11.8 Å². The molecule has 0 spiro atoms. The van der Waals surface area contributed by atoms with Crippen LogP contribution >= 0.6 is 0 Å². The topological polar surface area (TPSA) is 166 Å². The van der Waals surface area contributed by atoms with Gasteiger partial charge >= 0.3 is 0 Å². The summed E-state index contributed by atoms with van der Waals surface area (Å²) in [4.78, 5) is 12.0. The van der Waals surface area contributed by atoms with Crippen LogP contribution < -0.4 is 11.5 Å². The summed E-state index contributed by atoms with van der Waals surface area (Å²) in [5.74, 6) is 0.181. The second-order valence-corrected chi connectivity index (χ2v) is 4.91. The van der Waals surface area contributed by atoms with Crippen molar-refractivity contribution in [3.63, 3.8) is 0 Å². The quantitative estimate of drug-likeness (QED) is 0.410. The van der Waals surface area contributed by atoms with Gasteiger partial charge < -0.3 is 36.1 Å². The van der Waals surface area contributed by atoms with Crippen molar-refractivity contribution in [2.45, 2.75) is 31.0 Å². The number of ether oxygens (including phenoxy) is 1. The minimum atomic E-state index is -1.14. The maximum Gasteiger partial charge on any atom is 0.224 e. The first-order chi connectivity index (χ1) is 10.0. The van der Waals surface area contributed by atoms with Crippen molar-refractivity contribution in [1.82, 2.24) is 19.5 Å². The highest BCUT2D eigenvalue weighted by molar-refractivity contribution is 5.82. The van der Waals surface area contributed by atoms with E-state index in [1.54, 1.807) is 4.57 Å². The normalized spacial score (nSPS) is 29.3. The van der Waals surface area contributed by atoms with Crippen LogP contribution in [0.15, 0.2) is 6.33 Å². The van der Waals surface area contributed by atoms with Crippen LogP contribution in [0, 0.1) is 0 Å². The number of rotatable bonds is 3. The third-order valence-corrected chi connectivity index (χ3v) is 3.53. The largest absolute Gasteiger partial charge is 0.394 e. The maximum absolute atomic E-state index is 9.94. The van der Waals surface area contributed by atoms with Gasteiger partial charge in [-0.3, -0.25) is 0 Å². The fourth-order valence-corrected chi connectivity index (χ4v) is 2.44. The molecule has 0 unspecified atom stereocenters. The lowest BCUT2D eigenvalue weighted by molar-refractivity contribution is -0.0262. The number of fused-ring (bicyclic) bond motifs is 1. The number of aliphatic hydroxyl groups excluding tert-OH is 3. The molecule has 10 heteroatoms. The number of aliphatic hydroxyl groups is 3. The van der Waals surface area contributed by atoms with E-state index < -0.39 is 24.4 Å². The minimum Gasteiger partial charge on any atom is -0.394 e. The van der Waals surface area contributed by atoms with Crippen LogP contribution in [-0.2, 0) is 11.3 Å². The molecule has 10 nitrogen and oxygen atoms in total. The molecule has 0 amide bonds. The second-order valence-electron chi connectivity index (χ2n) is 4.91. The van der Waals surface area contributed by atoms with E-state index in [4.69, 9.17) is 21.3 Å². The second kappa shape index (κ2) is 5.07. The van der Waals surface area contributed by atoms with Gasteiger partial charge in [0.25, 0.3) is 0 Å². The summed E-state index contributed by atoms with van der Waals surface area (Å²) in [5, 5.41) is 28.7. The number of nitrogens with two attached hydrogens (primary N) is 2. The first-order valence-corrected chi connectivity index (χ1v) is 6.37. The molecule has 2 aromatic rings. The van der Waals surface area contributed by atoms with Gasteiger partial charge in [0.2, 0.25) is 5.95 Å². The Morgan fingerprint density at radius 2 is 1.90 bits per heavy atom. The van der Waals surface area contributed by atoms with E-state index in [0.29, 0.717) is 11.2 Å². The maximum atomic E-state index is 9.94. The third-order valence-electron chi connectivity index (χ3n) is 3.53. The van der Waals surface area contributed by atoms with Crippen molar-refractivity contribution >= 4 is 22.9 Å². The first-order valence-electron chi connectivity index (χ1n) is 6.37. The number of aromatic nitrogens is 4. The summed E-state index contributed by atoms with van der Waals surface area (Å²) in [5.41, 5.74) is 12.1. The Morgan fingerprint density at radius 3 is 2.57 bits per heavy atom. The first kappa shape index (κ1) is 13.9. The lowest BCUT2D eigenvalue weighted by atomic mass is 10.1. The lowest BCUT2D eigenvalue weighted by Crippen LogP contribution is -2.35. The van der Waals surface area contributed by atoms with Crippen molar-refractivity contribution in [3.8, 4) is 0 Å². The SMILES string of the molecule is Nc1nc(N)c2ncn(C[C@@H]3O[C@H](CO)[C@@H](O)[C@H]3O)c2n1. The number of hydrogen-bond donors (Lipinski definition) is 5. The zero-order valence-electron chi connectivity index (χ0n) is 11.0. The van der Waals surface area contributed by atoms with Gasteiger partial charge in [0.15, 0.2) is 11.5 Å². The Labute approximate surface area is 119 Å². The smallest absolute Gasteiger partial charge is 0.224 e. The number of nitrogens with zero attached hydrogens (tertiary/aromatic N) is 4. The minimum absolute atomic E-state index is 0.0166. The molecular formula is C11H16N6O4. The number of imidazole rings is 1. The molecule has 21 heavy (non-hydrogen) atoms. The Balaban J connectivity index is 1.89. The average Bonchev–Trinajstić information content (AvgIpc) is 2.96. The molecule has 1 fully saturated rings. The van der Waals surface area contributed by atoms with Gasteiger partial charge in [-0.05, 0) is 0 Å². The molecule has 3 heterocycles. The Bertz CT molecular complexity index is 661. The lowest BCUT2D eigenvalue weighted by Gasteiger charge is -2.15. The molecule has 4 atom stereocenters. The van der Waals surface area contributed by atoms with E-state index in [1.165, 1.54) is 6.33 Å². The van der Waals surface area contributed by atoms with Crippen molar-refractivity contribution in [2.24, 2.45) is 0 Å². The van der Waals surface area contributed by atoms with Gasteiger partial charge in [0.1, 0.15) is 29.9 Å². The van der Waals surface area contributed by atoms with Gasteiger partial charge in [-0.2, -0.15) is 9.97 Å². The molecule has 1 saturated heterocycles. The van der Waals surface area contributed by atoms with Gasteiger partial charge in [-0.25, -0.2) is 4.98 Å². The van der Waals surface area contributed by atoms with E-state index in [2.05, 4.69) is 15.0 Å². The van der Waals surface area contributed by atoms with E-state index in [0.717, 1.165) is 0 Å². The fraction of sp³-hybridized carbons (Fsp3) is 0.545. The predicted octanol–water partition coefficient (Wildman–Crippen LogP) is -2.53. The molecule has 0 bridgehead atoms. The van der Waals surface area contributed by atoms with Gasteiger partial charge in [0, 0.05) is 0 Å². The van der Waals surface area contributed by atoms with Gasteiger partial charge in [-0.15, -0.1) is 0 Å². The van der Waals surface area contributed by atoms with Crippen LogP contribution in [0.3, 0.4) is 0 Å². The van der Waals surface area contributed by atoms with Crippen LogP contribution in [0.2, 0.25) is 0 Å².